The molecule has 0 N–H and O–H groups in total. The minimum Gasteiger partial charge on any atom is -0.262 e. The first-order chi connectivity index (χ1) is 6.31. The van der Waals surface area contributed by atoms with E-state index < -0.39 is 0 Å². The Bertz CT molecular complexity index is 446. The van der Waals surface area contributed by atoms with Crippen LogP contribution in [0.2, 0.25) is 5.15 Å². The molecule has 0 aromatic carbocycles. The van der Waals surface area contributed by atoms with Crippen molar-refractivity contribution in [2.75, 3.05) is 6.26 Å². The SMILES string of the molecule is CSc1nc2ccncc2nc1Cl. The van der Waals surface area contributed by atoms with Gasteiger partial charge in [-0.15, -0.1) is 11.8 Å². The van der Waals surface area contributed by atoms with Gasteiger partial charge in [-0.25, -0.2) is 9.97 Å². The first kappa shape index (κ1) is 8.72. The predicted octanol–water partition coefficient (Wildman–Crippen LogP) is 2.40. The van der Waals surface area contributed by atoms with Gasteiger partial charge in [-0.3, -0.25) is 4.98 Å². The van der Waals surface area contributed by atoms with E-state index in [1.807, 2.05) is 12.3 Å². The van der Waals surface area contributed by atoms with Crippen molar-refractivity contribution in [2.45, 2.75) is 5.03 Å². The molecule has 13 heavy (non-hydrogen) atoms. The smallest absolute Gasteiger partial charge is 0.162 e. The number of rotatable bonds is 1. The topological polar surface area (TPSA) is 38.7 Å². The molecule has 5 heteroatoms. The molecule has 0 saturated heterocycles. The monoisotopic (exact) mass is 211 g/mol. The molecule has 0 aliphatic rings. The Hall–Kier alpha value is -0.870. The molecule has 2 aromatic heterocycles. The van der Waals surface area contributed by atoms with Gasteiger partial charge in [-0.1, -0.05) is 11.6 Å². The van der Waals surface area contributed by atoms with Gasteiger partial charge in [-0.05, 0) is 12.3 Å². The zero-order valence-electron chi connectivity index (χ0n) is 6.86. The summed E-state index contributed by atoms with van der Waals surface area (Å²) < 4.78 is 0. The first-order valence-corrected chi connectivity index (χ1v) is 5.23. The summed E-state index contributed by atoms with van der Waals surface area (Å²) >= 11 is 7.37. The fraction of sp³-hybridized carbons (Fsp3) is 0.125. The van der Waals surface area contributed by atoms with E-state index >= 15 is 0 Å². The van der Waals surface area contributed by atoms with Crippen LogP contribution in [0.25, 0.3) is 11.0 Å². The van der Waals surface area contributed by atoms with Crippen LogP contribution in [0.5, 0.6) is 0 Å². The molecule has 0 amide bonds. The van der Waals surface area contributed by atoms with E-state index in [0.717, 1.165) is 16.1 Å². The minimum absolute atomic E-state index is 0.438. The zero-order chi connectivity index (χ0) is 9.26. The van der Waals surface area contributed by atoms with Crippen LogP contribution in [0, 0.1) is 0 Å². The van der Waals surface area contributed by atoms with Crippen LogP contribution in [0.3, 0.4) is 0 Å². The van der Waals surface area contributed by atoms with Crippen molar-refractivity contribution in [2.24, 2.45) is 0 Å². The van der Waals surface area contributed by atoms with Gasteiger partial charge in [-0.2, -0.15) is 0 Å². The third-order valence-electron chi connectivity index (χ3n) is 1.59. The second-order valence-corrected chi connectivity index (χ2v) is 3.54. The third-order valence-corrected chi connectivity index (χ3v) is 2.64. The van der Waals surface area contributed by atoms with E-state index in [1.54, 1.807) is 12.4 Å². The lowest BCUT2D eigenvalue weighted by atomic mass is 10.4. The maximum atomic E-state index is 5.88. The summed E-state index contributed by atoms with van der Waals surface area (Å²) in [5.41, 5.74) is 1.55. The highest BCUT2D eigenvalue weighted by Crippen LogP contribution is 2.23. The normalized spacial score (nSPS) is 10.6. The van der Waals surface area contributed by atoms with Crippen LogP contribution in [0.4, 0.5) is 0 Å². The number of hydrogen-bond donors (Lipinski definition) is 0. The van der Waals surface area contributed by atoms with Crippen LogP contribution >= 0.6 is 23.4 Å². The zero-order valence-corrected chi connectivity index (χ0v) is 8.43. The molecule has 3 nitrogen and oxygen atoms in total. The maximum absolute atomic E-state index is 5.88. The van der Waals surface area contributed by atoms with E-state index in [1.165, 1.54) is 11.8 Å². The Kier molecular flexibility index (Phi) is 2.33. The lowest BCUT2D eigenvalue weighted by molar-refractivity contribution is 1.11. The van der Waals surface area contributed by atoms with E-state index in [9.17, 15) is 0 Å². The third kappa shape index (κ3) is 1.59. The van der Waals surface area contributed by atoms with Crippen LogP contribution in [0.1, 0.15) is 0 Å². The van der Waals surface area contributed by atoms with Gasteiger partial charge in [0, 0.05) is 6.20 Å². The highest BCUT2D eigenvalue weighted by Gasteiger charge is 2.04. The Morgan fingerprint density at radius 1 is 1.31 bits per heavy atom. The molecule has 0 fully saturated rings. The summed E-state index contributed by atoms with van der Waals surface area (Å²) in [4.78, 5) is 12.4. The molecule has 0 aliphatic heterocycles. The lowest BCUT2D eigenvalue weighted by Gasteiger charge is -2.00. The van der Waals surface area contributed by atoms with Crippen molar-refractivity contribution in [1.82, 2.24) is 15.0 Å². The summed E-state index contributed by atoms with van der Waals surface area (Å²) in [7, 11) is 0. The van der Waals surface area contributed by atoms with Crippen molar-refractivity contribution in [3.05, 3.63) is 23.6 Å². The number of thioether (sulfide) groups is 1. The van der Waals surface area contributed by atoms with Gasteiger partial charge in [0.05, 0.1) is 11.7 Å². The van der Waals surface area contributed by atoms with E-state index in [0.29, 0.717) is 5.15 Å². The average molecular weight is 212 g/mol. The average Bonchev–Trinajstić information content (AvgIpc) is 2.17. The fourth-order valence-corrected chi connectivity index (χ4v) is 1.77. The molecule has 0 unspecified atom stereocenters. The largest absolute Gasteiger partial charge is 0.262 e. The first-order valence-electron chi connectivity index (χ1n) is 3.62. The number of aromatic nitrogens is 3. The Morgan fingerprint density at radius 2 is 2.15 bits per heavy atom. The molecule has 2 aromatic rings. The predicted molar refractivity (Wildman–Crippen MR) is 54.1 cm³/mol. The van der Waals surface area contributed by atoms with Crippen molar-refractivity contribution < 1.29 is 0 Å². The highest BCUT2D eigenvalue weighted by atomic mass is 35.5. The molecule has 0 radical (unpaired) electrons. The minimum atomic E-state index is 0.438. The summed E-state index contributed by atoms with van der Waals surface area (Å²) in [6, 6.07) is 1.82. The second-order valence-electron chi connectivity index (χ2n) is 2.39. The van der Waals surface area contributed by atoms with E-state index in [2.05, 4.69) is 15.0 Å². The van der Waals surface area contributed by atoms with Crippen LogP contribution in [-0.4, -0.2) is 21.2 Å². The summed E-state index contributed by atoms with van der Waals surface area (Å²) in [5, 5.41) is 1.19. The van der Waals surface area contributed by atoms with Crippen LogP contribution in [0.15, 0.2) is 23.5 Å². The summed E-state index contributed by atoms with van der Waals surface area (Å²) in [5.74, 6) is 0. The van der Waals surface area contributed by atoms with Crippen molar-refractivity contribution in [3.63, 3.8) is 0 Å². The van der Waals surface area contributed by atoms with Gasteiger partial charge >= 0.3 is 0 Å². The number of hydrogen-bond acceptors (Lipinski definition) is 4. The molecule has 0 atom stereocenters. The van der Waals surface area contributed by atoms with E-state index in [4.69, 9.17) is 11.6 Å². The van der Waals surface area contributed by atoms with Crippen LogP contribution < -0.4 is 0 Å². The number of halogens is 1. The molecule has 66 valence electrons. The molecule has 2 rings (SSSR count). The van der Waals surface area contributed by atoms with Crippen molar-refractivity contribution in [3.8, 4) is 0 Å². The number of fused-ring (bicyclic) bond motifs is 1. The Balaban J connectivity index is 2.74. The van der Waals surface area contributed by atoms with Gasteiger partial charge in [0.15, 0.2) is 5.15 Å². The Labute approximate surface area is 84.6 Å². The highest BCUT2D eigenvalue weighted by molar-refractivity contribution is 7.98. The molecule has 0 aliphatic carbocycles. The van der Waals surface area contributed by atoms with E-state index in [-0.39, 0.29) is 0 Å². The molecular weight excluding hydrogens is 206 g/mol. The van der Waals surface area contributed by atoms with Crippen molar-refractivity contribution >= 4 is 34.4 Å². The standard InChI is InChI=1S/C8H6ClN3S/c1-13-8-7(9)11-6-4-10-3-2-5(6)12-8/h2-4H,1H3. The van der Waals surface area contributed by atoms with Gasteiger partial charge in [0.25, 0.3) is 0 Å². The molecule has 0 spiro atoms. The Morgan fingerprint density at radius 3 is 2.92 bits per heavy atom. The molecule has 2 heterocycles. The summed E-state index contributed by atoms with van der Waals surface area (Å²) in [6.07, 6.45) is 5.26. The van der Waals surface area contributed by atoms with Crippen LogP contribution in [-0.2, 0) is 0 Å². The number of nitrogens with zero attached hydrogens (tertiary/aromatic N) is 3. The van der Waals surface area contributed by atoms with Gasteiger partial charge in [0.2, 0.25) is 0 Å². The molecular formula is C8H6ClN3S. The second kappa shape index (κ2) is 3.47. The molecule has 0 saturated carbocycles. The van der Waals surface area contributed by atoms with Gasteiger partial charge < -0.3 is 0 Å². The van der Waals surface area contributed by atoms with Crippen molar-refractivity contribution in [1.29, 1.82) is 0 Å². The van der Waals surface area contributed by atoms with Gasteiger partial charge in [0.1, 0.15) is 10.5 Å². The molecule has 0 bridgehead atoms. The maximum Gasteiger partial charge on any atom is 0.162 e. The lowest BCUT2D eigenvalue weighted by Crippen LogP contribution is -1.89. The quantitative estimate of drug-likeness (QED) is 0.679. The fourth-order valence-electron chi connectivity index (χ4n) is 0.998. The summed E-state index contributed by atoms with van der Waals surface area (Å²) in [6.45, 7) is 0. The number of pyridine rings is 1.